The zero-order valence-electron chi connectivity index (χ0n) is 9.14. The molecule has 1 heterocycles. The van der Waals surface area contributed by atoms with Crippen molar-refractivity contribution in [3.8, 4) is 10.6 Å². The van der Waals surface area contributed by atoms with Gasteiger partial charge < -0.3 is 5.73 Å². The van der Waals surface area contributed by atoms with Crippen molar-refractivity contribution in [1.82, 2.24) is 4.98 Å². The number of benzene rings is 1. The molecule has 0 amide bonds. The SMILES string of the molecule is CSc1ccc(-c2nc(CCN)cs2)cc1. The van der Waals surface area contributed by atoms with Gasteiger partial charge in [0.05, 0.1) is 5.69 Å². The Morgan fingerprint density at radius 1 is 1.31 bits per heavy atom. The largest absolute Gasteiger partial charge is 0.330 e. The van der Waals surface area contributed by atoms with Gasteiger partial charge in [0.2, 0.25) is 0 Å². The molecular weight excluding hydrogens is 236 g/mol. The molecule has 0 saturated heterocycles. The summed E-state index contributed by atoms with van der Waals surface area (Å²) in [7, 11) is 0. The molecule has 0 spiro atoms. The van der Waals surface area contributed by atoms with Gasteiger partial charge >= 0.3 is 0 Å². The third kappa shape index (κ3) is 2.64. The number of thiazole rings is 1. The summed E-state index contributed by atoms with van der Waals surface area (Å²) in [4.78, 5) is 5.84. The maximum Gasteiger partial charge on any atom is 0.123 e. The van der Waals surface area contributed by atoms with Crippen molar-refractivity contribution in [2.75, 3.05) is 12.8 Å². The Morgan fingerprint density at radius 2 is 2.06 bits per heavy atom. The second-order valence-electron chi connectivity index (χ2n) is 3.41. The predicted octanol–water partition coefficient (Wildman–Crippen LogP) is 3.03. The lowest BCUT2D eigenvalue weighted by Gasteiger charge is -1.98. The lowest BCUT2D eigenvalue weighted by Crippen LogP contribution is -2.02. The molecular formula is C12H14N2S2. The molecule has 0 fully saturated rings. The summed E-state index contributed by atoms with van der Waals surface area (Å²) in [5.74, 6) is 0. The van der Waals surface area contributed by atoms with Crippen LogP contribution in [-0.4, -0.2) is 17.8 Å². The first-order valence-corrected chi connectivity index (χ1v) is 7.23. The van der Waals surface area contributed by atoms with E-state index in [1.54, 1.807) is 23.1 Å². The summed E-state index contributed by atoms with van der Waals surface area (Å²) >= 11 is 3.44. The van der Waals surface area contributed by atoms with Crippen molar-refractivity contribution in [1.29, 1.82) is 0 Å². The molecule has 1 aromatic heterocycles. The van der Waals surface area contributed by atoms with E-state index in [9.17, 15) is 0 Å². The summed E-state index contributed by atoms with van der Waals surface area (Å²) in [5.41, 5.74) is 7.79. The highest BCUT2D eigenvalue weighted by atomic mass is 32.2. The van der Waals surface area contributed by atoms with Crippen molar-refractivity contribution >= 4 is 23.1 Å². The molecule has 16 heavy (non-hydrogen) atoms. The number of thioether (sulfide) groups is 1. The summed E-state index contributed by atoms with van der Waals surface area (Å²) in [6.45, 7) is 0.661. The number of hydrogen-bond acceptors (Lipinski definition) is 4. The normalized spacial score (nSPS) is 10.6. The van der Waals surface area contributed by atoms with Crippen LogP contribution in [0, 0.1) is 0 Å². The van der Waals surface area contributed by atoms with E-state index >= 15 is 0 Å². The van der Waals surface area contributed by atoms with E-state index in [2.05, 4.69) is 40.9 Å². The number of hydrogen-bond donors (Lipinski definition) is 1. The molecule has 0 aliphatic rings. The molecule has 0 atom stereocenters. The average Bonchev–Trinajstić information content (AvgIpc) is 2.78. The van der Waals surface area contributed by atoms with Crippen molar-refractivity contribution in [2.24, 2.45) is 5.73 Å². The van der Waals surface area contributed by atoms with E-state index in [0.29, 0.717) is 6.54 Å². The third-order valence-corrected chi connectivity index (χ3v) is 3.97. The highest BCUT2D eigenvalue weighted by Crippen LogP contribution is 2.25. The van der Waals surface area contributed by atoms with Gasteiger partial charge in [-0.3, -0.25) is 0 Å². The molecule has 84 valence electrons. The van der Waals surface area contributed by atoms with Gasteiger partial charge in [-0.05, 0) is 24.9 Å². The number of aromatic nitrogens is 1. The van der Waals surface area contributed by atoms with Crippen LogP contribution in [0.1, 0.15) is 5.69 Å². The van der Waals surface area contributed by atoms with Crippen LogP contribution in [0.25, 0.3) is 10.6 Å². The lowest BCUT2D eigenvalue weighted by atomic mass is 10.2. The van der Waals surface area contributed by atoms with E-state index in [1.165, 1.54) is 10.5 Å². The van der Waals surface area contributed by atoms with E-state index in [0.717, 1.165) is 17.1 Å². The van der Waals surface area contributed by atoms with Gasteiger partial charge in [-0.2, -0.15) is 0 Å². The van der Waals surface area contributed by atoms with Gasteiger partial charge in [0, 0.05) is 22.3 Å². The highest BCUT2D eigenvalue weighted by molar-refractivity contribution is 7.98. The van der Waals surface area contributed by atoms with Crippen LogP contribution in [0.4, 0.5) is 0 Å². The zero-order valence-corrected chi connectivity index (χ0v) is 10.8. The Morgan fingerprint density at radius 3 is 2.69 bits per heavy atom. The number of rotatable bonds is 4. The summed E-state index contributed by atoms with van der Waals surface area (Å²) in [6, 6.07) is 8.50. The smallest absolute Gasteiger partial charge is 0.123 e. The summed E-state index contributed by atoms with van der Waals surface area (Å²) < 4.78 is 0. The van der Waals surface area contributed by atoms with Gasteiger partial charge in [0.1, 0.15) is 5.01 Å². The lowest BCUT2D eigenvalue weighted by molar-refractivity contribution is 0.936. The first-order valence-electron chi connectivity index (χ1n) is 5.12. The first-order chi connectivity index (χ1) is 7.83. The first kappa shape index (κ1) is 11.6. The molecule has 0 unspecified atom stereocenters. The molecule has 0 aliphatic carbocycles. The standard InChI is InChI=1S/C12H14N2S2/c1-15-11-4-2-9(3-5-11)12-14-10(6-7-13)8-16-12/h2-5,8H,6-7,13H2,1H3. The minimum Gasteiger partial charge on any atom is -0.330 e. The van der Waals surface area contributed by atoms with Crippen LogP contribution >= 0.6 is 23.1 Å². The van der Waals surface area contributed by atoms with Crippen LogP contribution in [0.2, 0.25) is 0 Å². The molecule has 2 N–H and O–H groups in total. The second-order valence-corrected chi connectivity index (χ2v) is 5.15. The molecule has 0 aliphatic heterocycles. The Balaban J connectivity index is 2.21. The monoisotopic (exact) mass is 250 g/mol. The van der Waals surface area contributed by atoms with E-state index in [4.69, 9.17) is 5.73 Å². The fraction of sp³-hybridized carbons (Fsp3) is 0.250. The molecule has 0 bridgehead atoms. The molecule has 1 aromatic carbocycles. The Bertz CT molecular complexity index is 448. The van der Waals surface area contributed by atoms with Crippen molar-refractivity contribution in [2.45, 2.75) is 11.3 Å². The molecule has 0 radical (unpaired) electrons. The molecule has 4 heteroatoms. The van der Waals surface area contributed by atoms with Gasteiger partial charge in [0.15, 0.2) is 0 Å². The van der Waals surface area contributed by atoms with E-state index in [1.807, 2.05) is 0 Å². The van der Waals surface area contributed by atoms with E-state index in [-0.39, 0.29) is 0 Å². The molecule has 2 nitrogen and oxygen atoms in total. The van der Waals surface area contributed by atoms with Crippen molar-refractivity contribution in [3.63, 3.8) is 0 Å². The van der Waals surface area contributed by atoms with E-state index < -0.39 is 0 Å². The molecule has 2 aromatic rings. The maximum atomic E-state index is 5.51. The molecule has 0 saturated carbocycles. The maximum absolute atomic E-state index is 5.51. The topological polar surface area (TPSA) is 38.9 Å². The highest BCUT2D eigenvalue weighted by Gasteiger charge is 2.03. The van der Waals surface area contributed by atoms with Crippen molar-refractivity contribution < 1.29 is 0 Å². The van der Waals surface area contributed by atoms with Gasteiger partial charge in [-0.1, -0.05) is 12.1 Å². The Hall–Kier alpha value is -0.840. The second kappa shape index (κ2) is 5.48. The van der Waals surface area contributed by atoms with Gasteiger partial charge in [0.25, 0.3) is 0 Å². The van der Waals surface area contributed by atoms with Gasteiger partial charge in [-0.25, -0.2) is 4.98 Å². The van der Waals surface area contributed by atoms with Crippen LogP contribution < -0.4 is 5.73 Å². The van der Waals surface area contributed by atoms with Crippen LogP contribution in [0.15, 0.2) is 34.5 Å². The third-order valence-electron chi connectivity index (χ3n) is 2.29. The number of nitrogens with two attached hydrogens (primary N) is 1. The fourth-order valence-corrected chi connectivity index (χ4v) is 2.70. The zero-order chi connectivity index (χ0) is 11.4. The van der Waals surface area contributed by atoms with Crippen molar-refractivity contribution in [3.05, 3.63) is 35.3 Å². The Kier molecular flexibility index (Phi) is 3.98. The minimum absolute atomic E-state index is 0.661. The molecule has 2 rings (SSSR count). The average molecular weight is 250 g/mol. The van der Waals surface area contributed by atoms with Gasteiger partial charge in [-0.15, -0.1) is 23.1 Å². The summed E-state index contributed by atoms with van der Waals surface area (Å²) in [5, 5.41) is 3.17. The van der Waals surface area contributed by atoms with Crippen LogP contribution in [0.5, 0.6) is 0 Å². The quantitative estimate of drug-likeness (QED) is 0.848. The van der Waals surface area contributed by atoms with Crippen LogP contribution in [0.3, 0.4) is 0 Å². The number of nitrogens with zero attached hydrogens (tertiary/aromatic N) is 1. The predicted molar refractivity (Wildman–Crippen MR) is 72.1 cm³/mol. The Labute approximate surface area is 104 Å². The summed E-state index contributed by atoms with van der Waals surface area (Å²) in [6.07, 6.45) is 2.94. The van der Waals surface area contributed by atoms with Crippen LogP contribution in [-0.2, 0) is 6.42 Å². The fourth-order valence-electron chi connectivity index (χ4n) is 1.44. The minimum atomic E-state index is 0.661.